The highest BCUT2D eigenvalue weighted by atomic mass is 79.9. The number of quaternary nitrogens is 1. The normalized spacial score (nSPS) is 31.0. The molecule has 0 saturated heterocycles. The molecule has 0 heterocycles. The number of hydrogen-bond donors (Lipinski definition) is 1. The van der Waals surface area contributed by atoms with Crippen molar-refractivity contribution < 1.29 is 26.6 Å². The standard InChI is InChI=1S/C9H20NO.BrH/c1-10(2,3)8-5-4-6-9(11)7-8;/h8-9,11H,4-7H2,1-3H3;1H/q+1;/p-1. The van der Waals surface area contributed by atoms with Gasteiger partial charge < -0.3 is 26.6 Å². The summed E-state index contributed by atoms with van der Waals surface area (Å²) in [4.78, 5) is 0. The van der Waals surface area contributed by atoms with Crippen LogP contribution in [0.3, 0.4) is 0 Å². The molecule has 0 aromatic heterocycles. The monoisotopic (exact) mass is 237 g/mol. The quantitative estimate of drug-likeness (QED) is 0.524. The minimum absolute atomic E-state index is 0. The van der Waals surface area contributed by atoms with Crippen molar-refractivity contribution in [3.8, 4) is 0 Å². The lowest BCUT2D eigenvalue weighted by molar-refractivity contribution is -0.897. The summed E-state index contributed by atoms with van der Waals surface area (Å²) in [6.07, 6.45) is 4.44. The maximum Gasteiger partial charge on any atom is 0.0909 e. The second kappa shape index (κ2) is 4.58. The van der Waals surface area contributed by atoms with Gasteiger partial charge in [-0.05, 0) is 19.3 Å². The second-order valence-corrected chi connectivity index (χ2v) is 4.59. The first-order valence-electron chi connectivity index (χ1n) is 4.49. The molecule has 1 rings (SSSR count). The van der Waals surface area contributed by atoms with Gasteiger partial charge in [-0.2, -0.15) is 0 Å². The first kappa shape index (κ1) is 12.4. The third kappa shape index (κ3) is 3.42. The lowest BCUT2D eigenvalue weighted by atomic mass is 9.91. The molecule has 1 aliphatic rings. The van der Waals surface area contributed by atoms with Crippen LogP contribution in [0.25, 0.3) is 0 Å². The molecule has 12 heavy (non-hydrogen) atoms. The van der Waals surface area contributed by atoms with Crippen molar-refractivity contribution in [3.05, 3.63) is 0 Å². The summed E-state index contributed by atoms with van der Waals surface area (Å²) in [5.41, 5.74) is 0. The fraction of sp³-hybridized carbons (Fsp3) is 1.00. The Morgan fingerprint density at radius 2 is 1.75 bits per heavy atom. The number of halogens is 1. The van der Waals surface area contributed by atoms with Crippen LogP contribution in [0, 0.1) is 0 Å². The molecule has 2 unspecified atom stereocenters. The Morgan fingerprint density at radius 1 is 1.17 bits per heavy atom. The molecule has 1 fully saturated rings. The van der Waals surface area contributed by atoms with Gasteiger partial charge in [0.05, 0.1) is 33.3 Å². The average Bonchev–Trinajstić information content (AvgIpc) is 1.86. The zero-order valence-corrected chi connectivity index (χ0v) is 9.84. The smallest absolute Gasteiger partial charge is 0.0909 e. The van der Waals surface area contributed by atoms with Gasteiger partial charge in [0.1, 0.15) is 0 Å². The van der Waals surface area contributed by atoms with Crippen molar-refractivity contribution in [1.82, 2.24) is 0 Å². The molecule has 0 amide bonds. The highest BCUT2D eigenvalue weighted by molar-refractivity contribution is 4.71. The lowest BCUT2D eigenvalue weighted by Gasteiger charge is -2.38. The van der Waals surface area contributed by atoms with Crippen LogP contribution in [-0.4, -0.2) is 42.9 Å². The minimum Gasteiger partial charge on any atom is -1.00 e. The van der Waals surface area contributed by atoms with E-state index in [0.717, 1.165) is 17.3 Å². The van der Waals surface area contributed by atoms with E-state index in [2.05, 4.69) is 21.1 Å². The van der Waals surface area contributed by atoms with Gasteiger partial charge in [-0.25, -0.2) is 0 Å². The van der Waals surface area contributed by atoms with Gasteiger partial charge in [0.25, 0.3) is 0 Å². The topological polar surface area (TPSA) is 20.2 Å². The van der Waals surface area contributed by atoms with Gasteiger partial charge >= 0.3 is 0 Å². The molecular formula is C9H20BrNO. The lowest BCUT2D eigenvalue weighted by Crippen LogP contribution is -3.00. The molecule has 1 saturated carbocycles. The van der Waals surface area contributed by atoms with Gasteiger partial charge in [0.15, 0.2) is 0 Å². The predicted molar refractivity (Wildman–Crippen MR) is 46.3 cm³/mol. The second-order valence-electron chi connectivity index (χ2n) is 4.59. The van der Waals surface area contributed by atoms with Crippen molar-refractivity contribution in [2.24, 2.45) is 0 Å². The molecule has 0 aliphatic heterocycles. The predicted octanol–water partition coefficient (Wildman–Crippen LogP) is -2.00. The summed E-state index contributed by atoms with van der Waals surface area (Å²) >= 11 is 0. The fourth-order valence-electron chi connectivity index (χ4n) is 1.84. The Bertz CT molecular complexity index is 133. The van der Waals surface area contributed by atoms with E-state index in [-0.39, 0.29) is 23.1 Å². The Morgan fingerprint density at radius 3 is 2.08 bits per heavy atom. The molecule has 0 aromatic rings. The third-order valence-electron chi connectivity index (χ3n) is 2.71. The van der Waals surface area contributed by atoms with Crippen LogP contribution in [-0.2, 0) is 0 Å². The maximum absolute atomic E-state index is 9.43. The molecular weight excluding hydrogens is 218 g/mol. The zero-order valence-electron chi connectivity index (χ0n) is 8.26. The summed E-state index contributed by atoms with van der Waals surface area (Å²) < 4.78 is 0.997. The molecule has 2 atom stereocenters. The number of rotatable bonds is 1. The third-order valence-corrected chi connectivity index (χ3v) is 2.71. The molecule has 1 aliphatic carbocycles. The highest BCUT2D eigenvalue weighted by Crippen LogP contribution is 2.24. The molecule has 2 nitrogen and oxygen atoms in total. The van der Waals surface area contributed by atoms with Crippen LogP contribution in [0.4, 0.5) is 0 Å². The van der Waals surface area contributed by atoms with Gasteiger partial charge in [-0.15, -0.1) is 0 Å². The van der Waals surface area contributed by atoms with Gasteiger partial charge in [-0.1, -0.05) is 0 Å². The molecule has 0 aromatic carbocycles. The summed E-state index contributed by atoms with van der Waals surface area (Å²) in [7, 11) is 6.63. The van der Waals surface area contributed by atoms with Gasteiger partial charge in [0, 0.05) is 6.42 Å². The van der Waals surface area contributed by atoms with Crippen LogP contribution >= 0.6 is 0 Å². The van der Waals surface area contributed by atoms with Crippen LogP contribution in [0.1, 0.15) is 25.7 Å². The minimum atomic E-state index is -0.0360. The average molecular weight is 238 g/mol. The Balaban J connectivity index is 0.00000121. The first-order chi connectivity index (χ1) is 5.00. The zero-order chi connectivity index (χ0) is 8.48. The van der Waals surface area contributed by atoms with Crippen LogP contribution < -0.4 is 17.0 Å². The van der Waals surface area contributed by atoms with Gasteiger partial charge in [-0.3, -0.25) is 0 Å². The Labute approximate surface area is 85.9 Å². The van der Waals surface area contributed by atoms with Crippen LogP contribution in [0.2, 0.25) is 0 Å². The SMILES string of the molecule is C[N+](C)(C)C1CCCC(O)C1.[Br-]. The van der Waals surface area contributed by atoms with E-state index in [4.69, 9.17) is 0 Å². The van der Waals surface area contributed by atoms with Crippen LogP contribution in [0.5, 0.6) is 0 Å². The Kier molecular flexibility index (Phi) is 4.74. The number of aliphatic hydroxyl groups excluding tert-OH is 1. The Hall–Kier alpha value is 0.400. The summed E-state index contributed by atoms with van der Waals surface area (Å²) in [6.45, 7) is 0. The van der Waals surface area contributed by atoms with E-state index < -0.39 is 0 Å². The van der Waals surface area contributed by atoms with Crippen molar-refractivity contribution in [2.45, 2.75) is 37.8 Å². The highest BCUT2D eigenvalue weighted by Gasteiger charge is 2.29. The van der Waals surface area contributed by atoms with E-state index in [0.29, 0.717) is 6.04 Å². The van der Waals surface area contributed by atoms with E-state index in [9.17, 15) is 5.11 Å². The molecule has 0 spiro atoms. The number of hydrogen-bond acceptors (Lipinski definition) is 1. The van der Waals surface area contributed by atoms with Gasteiger partial charge in [0.2, 0.25) is 0 Å². The number of nitrogens with zero attached hydrogens (tertiary/aromatic N) is 1. The molecule has 0 radical (unpaired) electrons. The van der Waals surface area contributed by atoms with Crippen LogP contribution in [0.15, 0.2) is 0 Å². The summed E-state index contributed by atoms with van der Waals surface area (Å²) in [5, 5.41) is 9.43. The molecule has 3 heteroatoms. The van der Waals surface area contributed by atoms with E-state index in [1.54, 1.807) is 0 Å². The first-order valence-corrected chi connectivity index (χ1v) is 4.49. The van der Waals surface area contributed by atoms with Crippen molar-refractivity contribution in [1.29, 1.82) is 0 Å². The van der Waals surface area contributed by atoms with E-state index in [1.807, 2.05) is 0 Å². The molecule has 1 N–H and O–H groups in total. The molecule has 74 valence electrons. The summed E-state index contributed by atoms with van der Waals surface area (Å²) in [6, 6.07) is 0.666. The number of aliphatic hydroxyl groups is 1. The van der Waals surface area contributed by atoms with E-state index >= 15 is 0 Å². The van der Waals surface area contributed by atoms with E-state index in [1.165, 1.54) is 12.8 Å². The van der Waals surface area contributed by atoms with Crippen molar-refractivity contribution in [3.63, 3.8) is 0 Å². The van der Waals surface area contributed by atoms with Crippen molar-refractivity contribution >= 4 is 0 Å². The maximum atomic E-state index is 9.43. The molecule has 0 bridgehead atoms. The fourth-order valence-corrected chi connectivity index (χ4v) is 1.84. The summed E-state index contributed by atoms with van der Waals surface area (Å²) in [5.74, 6) is 0. The van der Waals surface area contributed by atoms with Crippen molar-refractivity contribution in [2.75, 3.05) is 21.1 Å². The largest absolute Gasteiger partial charge is 1.00 e.